The van der Waals surface area contributed by atoms with Crippen molar-refractivity contribution in [1.82, 2.24) is 4.90 Å². The van der Waals surface area contributed by atoms with Gasteiger partial charge in [-0.1, -0.05) is 93.0 Å². The van der Waals surface area contributed by atoms with Gasteiger partial charge in [0.2, 0.25) is 0 Å². The number of hydrogen-bond acceptors (Lipinski definition) is 4. The number of unbranched alkanes of at least 4 members (excludes halogenated alkanes) is 2. The van der Waals surface area contributed by atoms with Gasteiger partial charge in [-0.3, -0.25) is 4.90 Å². The minimum Gasteiger partial charge on any atom is -0.377 e. The fourth-order valence-corrected chi connectivity index (χ4v) is 3.53. The molecule has 2 rings (SSSR count). The molecule has 0 bridgehead atoms. The number of benzene rings is 2. The quantitative estimate of drug-likeness (QED) is 0.279. The van der Waals surface area contributed by atoms with Crippen LogP contribution in [0.4, 0.5) is 0 Å². The maximum absolute atomic E-state index is 5.94. The van der Waals surface area contributed by atoms with Gasteiger partial charge in [0.25, 0.3) is 0 Å². The van der Waals surface area contributed by atoms with E-state index in [0.29, 0.717) is 5.17 Å². The van der Waals surface area contributed by atoms with Crippen LogP contribution in [0.25, 0.3) is 0 Å². The van der Waals surface area contributed by atoms with Crippen molar-refractivity contribution in [2.75, 3.05) is 13.1 Å². The van der Waals surface area contributed by atoms with Crippen LogP contribution in [0, 0.1) is 0 Å². The maximum Gasteiger partial charge on any atom is 0.180 e. The van der Waals surface area contributed by atoms with Crippen LogP contribution in [-0.4, -0.2) is 29.4 Å². The number of hydrogen-bond donors (Lipinski definition) is 1. The van der Waals surface area contributed by atoms with Gasteiger partial charge in [0.1, 0.15) is 0 Å². The molecule has 0 saturated carbocycles. The third-order valence-electron chi connectivity index (χ3n) is 4.63. The summed E-state index contributed by atoms with van der Waals surface area (Å²) in [5.41, 5.74) is 9.54. The van der Waals surface area contributed by atoms with Crippen molar-refractivity contribution in [1.29, 1.82) is 0 Å². The van der Waals surface area contributed by atoms with Gasteiger partial charge in [-0.05, 0) is 42.6 Å². The lowest BCUT2D eigenvalue weighted by atomic mass is 10.1. The standard InChI is InChI=1S/C24H34N4S/c1-3-5-16-28(17-6-4-2)19-22-14-12-21(13-15-22)18-26-27-24(25)29-20-23-10-8-7-9-11-23/h7-15,18H,3-6,16-17,19-20H2,1-2H3,(H2,25,27). The minimum absolute atomic E-state index is 0.476. The number of rotatable bonds is 12. The van der Waals surface area contributed by atoms with Crippen LogP contribution < -0.4 is 5.73 Å². The predicted molar refractivity (Wildman–Crippen MR) is 128 cm³/mol. The second-order valence-corrected chi connectivity index (χ2v) is 8.18. The molecule has 0 radical (unpaired) electrons. The van der Waals surface area contributed by atoms with Gasteiger partial charge >= 0.3 is 0 Å². The Kier molecular flexibility index (Phi) is 11.2. The first-order valence-electron chi connectivity index (χ1n) is 10.6. The van der Waals surface area contributed by atoms with Gasteiger partial charge in [-0.15, -0.1) is 5.10 Å². The highest BCUT2D eigenvalue weighted by Crippen LogP contribution is 2.12. The van der Waals surface area contributed by atoms with Crippen LogP contribution in [0.1, 0.15) is 56.2 Å². The molecule has 29 heavy (non-hydrogen) atoms. The van der Waals surface area contributed by atoms with E-state index in [1.54, 1.807) is 6.21 Å². The Morgan fingerprint density at radius 2 is 1.59 bits per heavy atom. The number of thioether (sulfide) groups is 1. The molecule has 0 aliphatic rings. The van der Waals surface area contributed by atoms with Crippen molar-refractivity contribution in [2.45, 2.75) is 51.8 Å². The lowest BCUT2D eigenvalue weighted by Gasteiger charge is -2.22. The van der Waals surface area contributed by atoms with Crippen LogP contribution in [0.3, 0.4) is 0 Å². The Morgan fingerprint density at radius 3 is 2.21 bits per heavy atom. The Balaban J connectivity index is 1.83. The molecule has 0 atom stereocenters. The van der Waals surface area contributed by atoms with Gasteiger partial charge < -0.3 is 5.73 Å². The molecule has 4 nitrogen and oxygen atoms in total. The van der Waals surface area contributed by atoms with E-state index in [1.165, 1.54) is 61.7 Å². The molecule has 2 aromatic carbocycles. The normalized spacial score (nSPS) is 12.2. The summed E-state index contributed by atoms with van der Waals surface area (Å²) in [6, 6.07) is 18.8. The van der Waals surface area contributed by atoms with E-state index in [0.717, 1.165) is 17.9 Å². The zero-order valence-electron chi connectivity index (χ0n) is 17.8. The highest BCUT2D eigenvalue weighted by molar-refractivity contribution is 8.13. The first-order valence-corrected chi connectivity index (χ1v) is 11.5. The van der Waals surface area contributed by atoms with Gasteiger partial charge in [-0.25, -0.2) is 0 Å². The first kappa shape index (κ1) is 23.2. The summed E-state index contributed by atoms with van der Waals surface area (Å²) in [4.78, 5) is 2.56. The van der Waals surface area contributed by atoms with E-state index < -0.39 is 0 Å². The zero-order valence-corrected chi connectivity index (χ0v) is 18.6. The molecule has 2 aromatic rings. The van der Waals surface area contributed by atoms with Crippen molar-refractivity contribution in [2.24, 2.45) is 15.9 Å². The third kappa shape index (κ3) is 9.77. The van der Waals surface area contributed by atoms with Crippen LogP contribution in [0.2, 0.25) is 0 Å². The van der Waals surface area contributed by atoms with Crippen molar-refractivity contribution < 1.29 is 0 Å². The topological polar surface area (TPSA) is 54.0 Å². The summed E-state index contributed by atoms with van der Waals surface area (Å²) in [6.45, 7) is 7.87. The molecule has 0 aliphatic carbocycles. The van der Waals surface area contributed by atoms with Crippen LogP contribution >= 0.6 is 11.8 Å². The Hall–Kier alpha value is -2.11. The molecule has 5 heteroatoms. The van der Waals surface area contributed by atoms with Gasteiger partial charge in [0.15, 0.2) is 5.17 Å². The SMILES string of the molecule is CCCCN(CCCC)Cc1ccc(C=NN=C(N)SCc2ccccc2)cc1. The number of nitrogens with zero attached hydrogens (tertiary/aromatic N) is 3. The molecular formula is C24H34N4S. The summed E-state index contributed by atoms with van der Waals surface area (Å²) in [5.74, 6) is 0.799. The van der Waals surface area contributed by atoms with Gasteiger partial charge in [0.05, 0.1) is 6.21 Å². The van der Waals surface area contributed by atoms with Gasteiger partial charge in [-0.2, -0.15) is 5.10 Å². The average molecular weight is 411 g/mol. The molecular weight excluding hydrogens is 376 g/mol. The van der Waals surface area contributed by atoms with Crippen molar-refractivity contribution in [3.8, 4) is 0 Å². The average Bonchev–Trinajstić information content (AvgIpc) is 2.76. The molecule has 0 spiro atoms. The third-order valence-corrected chi connectivity index (χ3v) is 5.49. The van der Waals surface area contributed by atoms with Crippen LogP contribution in [-0.2, 0) is 12.3 Å². The smallest absolute Gasteiger partial charge is 0.180 e. The second-order valence-electron chi connectivity index (χ2n) is 7.18. The van der Waals surface area contributed by atoms with E-state index in [2.05, 4.69) is 65.3 Å². The Labute approximate surface area is 180 Å². The van der Waals surface area contributed by atoms with E-state index >= 15 is 0 Å². The molecule has 0 saturated heterocycles. The lowest BCUT2D eigenvalue weighted by Crippen LogP contribution is -2.25. The summed E-state index contributed by atoms with van der Waals surface area (Å²) < 4.78 is 0. The van der Waals surface area contributed by atoms with Crippen molar-refractivity contribution >= 4 is 23.1 Å². The fourth-order valence-electron chi connectivity index (χ4n) is 2.91. The number of amidine groups is 1. The zero-order chi connectivity index (χ0) is 20.7. The highest BCUT2D eigenvalue weighted by Gasteiger charge is 2.05. The van der Waals surface area contributed by atoms with Gasteiger partial charge in [0, 0.05) is 12.3 Å². The van der Waals surface area contributed by atoms with Crippen molar-refractivity contribution in [3.05, 3.63) is 71.3 Å². The Bertz CT molecular complexity index is 733. The summed E-state index contributed by atoms with van der Waals surface area (Å²) >= 11 is 1.50. The molecule has 0 heterocycles. The molecule has 2 N–H and O–H groups in total. The molecule has 0 amide bonds. The summed E-state index contributed by atoms with van der Waals surface area (Å²) in [7, 11) is 0. The summed E-state index contributed by atoms with van der Waals surface area (Å²) in [6.07, 6.45) is 6.76. The first-order chi connectivity index (χ1) is 14.2. The Morgan fingerprint density at radius 1 is 0.931 bits per heavy atom. The number of nitrogens with two attached hydrogens (primary N) is 1. The van der Waals surface area contributed by atoms with E-state index in [4.69, 9.17) is 5.73 Å². The molecule has 0 aromatic heterocycles. The molecule has 0 aliphatic heterocycles. The minimum atomic E-state index is 0.476. The molecule has 0 unspecified atom stereocenters. The van der Waals surface area contributed by atoms with Crippen LogP contribution in [0.5, 0.6) is 0 Å². The molecule has 156 valence electrons. The predicted octanol–water partition coefficient (Wildman–Crippen LogP) is 5.67. The maximum atomic E-state index is 5.94. The largest absolute Gasteiger partial charge is 0.377 e. The second kappa shape index (κ2) is 14.0. The lowest BCUT2D eigenvalue weighted by molar-refractivity contribution is 0.257. The van der Waals surface area contributed by atoms with E-state index in [9.17, 15) is 0 Å². The van der Waals surface area contributed by atoms with Crippen molar-refractivity contribution in [3.63, 3.8) is 0 Å². The van der Waals surface area contributed by atoms with Crippen LogP contribution in [0.15, 0.2) is 64.8 Å². The van der Waals surface area contributed by atoms with E-state index in [-0.39, 0.29) is 0 Å². The fraction of sp³-hybridized carbons (Fsp3) is 0.417. The molecule has 0 fully saturated rings. The monoisotopic (exact) mass is 410 g/mol. The van der Waals surface area contributed by atoms with E-state index in [1.807, 2.05) is 18.2 Å². The summed E-state index contributed by atoms with van der Waals surface area (Å²) in [5, 5.41) is 8.70. The highest BCUT2D eigenvalue weighted by atomic mass is 32.2.